The summed E-state index contributed by atoms with van der Waals surface area (Å²) in [5, 5.41) is 2.75. The van der Waals surface area contributed by atoms with Gasteiger partial charge in [0.15, 0.2) is 0 Å². The summed E-state index contributed by atoms with van der Waals surface area (Å²) in [5.41, 5.74) is 3.87. The Morgan fingerprint density at radius 3 is 2.90 bits per heavy atom. The lowest BCUT2D eigenvalue weighted by Gasteiger charge is -2.13. The first-order valence-corrected chi connectivity index (χ1v) is 9.91. The summed E-state index contributed by atoms with van der Waals surface area (Å²) >= 11 is 0. The van der Waals surface area contributed by atoms with Gasteiger partial charge in [-0.05, 0) is 49.8 Å². The number of ether oxygens (including phenoxy) is 1. The molecule has 3 aromatic rings. The van der Waals surface area contributed by atoms with E-state index in [0.29, 0.717) is 34.6 Å². The summed E-state index contributed by atoms with van der Waals surface area (Å²) in [4.78, 5) is 21.0. The molecule has 1 N–H and O–H groups in total. The minimum atomic E-state index is -0.407. The van der Waals surface area contributed by atoms with E-state index in [-0.39, 0.29) is 24.1 Å². The van der Waals surface area contributed by atoms with Crippen LogP contribution in [0.15, 0.2) is 48.7 Å². The molecule has 1 aromatic heterocycles. The lowest BCUT2D eigenvalue weighted by molar-refractivity contribution is -0.116. The van der Waals surface area contributed by atoms with Crippen LogP contribution in [0.25, 0.3) is 17.3 Å². The van der Waals surface area contributed by atoms with E-state index in [1.165, 1.54) is 30.4 Å². The Balaban J connectivity index is 1.45. The van der Waals surface area contributed by atoms with Crippen LogP contribution >= 0.6 is 0 Å². The van der Waals surface area contributed by atoms with Crippen LogP contribution in [0.2, 0.25) is 0 Å². The van der Waals surface area contributed by atoms with E-state index in [4.69, 9.17) is 4.74 Å². The molecular weight excluding hydrogens is 400 g/mol. The number of carbonyl (C=O) groups is 1. The minimum absolute atomic E-state index is 0.207. The molecule has 4 rings (SSSR count). The fourth-order valence-corrected chi connectivity index (χ4v) is 3.51. The molecule has 0 saturated carbocycles. The van der Waals surface area contributed by atoms with Gasteiger partial charge in [-0.15, -0.1) is 0 Å². The molecule has 2 aromatic carbocycles. The molecule has 158 valence electrons. The molecule has 0 spiro atoms. The quantitative estimate of drug-likeness (QED) is 0.628. The van der Waals surface area contributed by atoms with Gasteiger partial charge in [-0.25, -0.2) is 13.8 Å². The molecule has 1 amide bonds. The predicted molar refractivity (Wildman–Crippen MR) is 113 cm³/mol. The molecule has 0 fully saturated rings. The molecule has 31 heavy (non-hydrogen) atoms. The molecule has 7 heteroatoms. The maximum atomic E-state index is 14.4. The van der Waals surface area contributed by atoms with Gasteiger partial charge in [0.2, 0.25) is 5.91 Å². The second kappa shape index (κ2) is 8.63. The van der Waals surface area contributed by atoms with E-state index in [1.54, 1.807) is 24.4 Å². The van der Waals surface area contributed by atoms with Crippen molar-refractivity contribution >= 4 is 12.0 Å². The zero-order valence-corrected chi connectivity index (χ0v) is 17.2. The zero-order valence-electron chi connectivity index (χ0n) is 17.2. The van der Waals surface area contributed by atoms with Gasteiger partial charge in [-0.1, -0.05) is 12.1 Å². The summed E-state index contributed by atoms with van der Waals surface area (Å²) in [6.45, 7) is 3.89. The Hall–Kier alpha value is -3.61. The predicted octanol–water partition coefficient (Wildman–Crippen LogP) is 4.17. The number of fused-ring (bicyclic) bond motifs is 1. The highest BCUT2D eigenvalue weighted by molar-refractivity contribution is 5.91. The third-order valence-corrected chi connectivity index (χ3v) is 5.03. The SMILES string of the molecule is Cc1cnc(C)c(-c2ccc(F)c3c2OC(CNC(=O)C=Cc2cccc(F)c2)C3)n1. The van der Waals surface area contributed by atoms with Crippen LogP contribution in [0.3, 0.4) is 0 Å². The Kier molecular flexibility index (Phi) is 5.75. The normalized spacial score (nSPS) is 15.0. The monoisotopic (exact) mass is 421 g/mol. The second-order valence-electron chi connectivity index (χ2n) is 7.43. The Morgan fingerprint density at radius 1 is 1.26 bits per heavy atom. The number of aryl methyl sites for hydroxylation is 2. The van der Waals surface area contributed by atoms with Crippen LogP contribution in [0.4, 0.5) is 8.78 Å². The summed E-state index contributed by atoms with van der Waals surface area (Å²) in [6, 6.07) is 8.99. The fourth-order valence-electron chi connectivity index (χ4n) is 3.51. The van der Waals surface area contributed by atoms with E-state index in [1.807, 2.05) is 13.8 Å². The molecule has 1 atom stereocenters. The number of nitrogens with one attached hydrogen (secondary N) is 1. The number of carbonyl (C=O) groups excluding carboxylic acids is 1. The average Bonchev–Trinajstić information content (AvgIpc) is 3.18. The number of hydrogen-bond donors (Lipinski definition) is 1. The first kappa shape index (κ1) is 20.7. The smallest absolute Gasteiger partial charge is 0.244 e. The first-order chi connectivity index (χ1) is 14.9. The van der Waals surface area contributed by atoms with Crippen LogP contribution < -0.4 is 10.1 Å². The van der Waals surface area contributed by atoms with Gasteiger partial charge in [0, 0.05) is 29.8 Å². The molecule has 1 aliphatic rings. The van der Waals surface area contributed by atoms with Crippen molar-refractivity contribution in [3.8, 4) is 17.0 Å². The van der Waals surface area contributed by atoms with Crippen LogP contribution in [0.1, 0.15) is 22.5 Å². The number of aromatic nitrogens is 2. The van der Waals surface area contributed by atoms with Gasteiger partial charge in [0.25, 0.3) is 0 Å². The molecule has 0 radical (unpaired) electrons. The minimum Gasteiger partial charge on any atom is -0.487 e. The van der Waals surface area contributed by atoms with Gasteiger partial charge < -0.3 is 10.1 Å². The Labute approximate surface area is 178 Å². The number of hydrogen-bond acceptors (Lipinski definition) is 4. The summed E-state index contributed by atoms with van der Waals surface area (Å²) in [6.07, 6.45) is 4.46. The average molecular weight is 421 g/mol. The Bertz CT molecular complexity index is 1180. The van der Waals surface area contributed by atoms with Crippen molar-refractivity contribution in [1.82, 2.24) is 15.3 Å². The molecule has 1 aliphatic heterocycles. The van der Waals surface area contributed by atoms with Gasteiger partial charge in [-0.3, -0.25) is 9.78 Å². The topological polar surface area (TPSA) is 64.1 Å². The first-order valence-electron chi connectivity index (χ1n) is 9.91. The lowest BCUT2D eigenvalue weighted by Crippen LogP contribution is -2.33. The largest absolute Gasteiger partial charge is 0.487 e. The van der Waals surface area contributed by atoms with Crippen molar-refractivity contribution in [3.05, 3.63) is 82.8 Å². The zero-order chi connectivity index (χ0) is 22.0. The Morgan fingerprint density at radius 2 is 2.10 bits per heavy atom. The molecule has 0 aliphatic carbocycles. The molecular formula is C24H21F2N3O2. The molecule has 5 nitrogen and oxygen atoms in total. The third kappa shape index (κ3) is 4.60. The van der Waals surface area contributed by atoms with Crippen LogP contribution in [0, 0.1) is 25.5 Å². The van der Waals surface area contributed by atoms with Crippen molar-refractivity contribution in [2.45, 2.75) is 26.4 Å². The highest BCUT2D eigenvalue weighted by atomic mass is 19.1. The van der Waals surface area contributed by atoms with Gasteiger partial charge >= 0.3 is 0 Å². The number of benzene rings is 2. The molecule has 1 unspecified atom stereocenters. The van der Waals surface area contributed by atoms with Crippen LogP contribution in [-0.4, -0.2) is 28.5 Å². The number of halogens is 2. The van der Waals surface area contributed by atoms with Crippen LogP contribution in [0.5, 0.6) is 5.75 Å². The van der Waals surface area contributed by atoms with E-state index >= 15 is 0 Å². The van der Waals surface area contributed by atoms with E-state index in [9.17, 15) is 13.6 Å². The van der Waals surface area contributed by atoms with Crippen LogP contribution in [-0.2, 0) is 11.2 Å². The van der Waals surface area contributed by atoms with Crippen molar-refractivity contribution in [1.29, 1.82) is 0 Å². The van der Waals surface area contributed by atoms with E-state index < -0.39 is 6.10 Å². The molecule has 0 saturated heterocycles. The summed E-state index contributed by atoms with van der Waals surface area (Å²) in [7, 11) is 0. The van der Waals surface area contributed by atoms with Gasteiger partial charge in [0.05, 0.1) is 23.6 Å². The van der Waals surface area contributed by atoms with Gasteiger partial charge in [-0.2, -0.15) is 0 Å². The maximum absolute atomic E-state index is 14.4. The van der Waals surface area contributed by atoms with Crippen molar-refractivity contribution in [2.75, 3.05) is 6.54 Å². The fraction of sp³-hybridized carbons (Fsp3) is 0.208. The molecule has 2 heterocycles. The molecule has 0 bridgehead atoms. The van der Waals surface area contributed by atoms with Crippen molar-refractivity contribution < 1.29 is 18.3 Å². The summed E-state index contributed by atoms with van der Waals surface area (Å²) < 4.78 is 33.7. The number of rotatable bonds is 5. The summed E-state index contributed by atoms with van der Waals surface area (Å²) in [5.74, 6) is -0.620. The van der Waals surface area contributed by atoms with Crippen molar-refractivity contribution in [2.24, 2.45) is 0 Å². The van der Waals surface area contributed by atoms with Crippen molar-refractivity contribution in [3.63, 3.8) is 0 Å². The number of nitrogens with zero attached hydrogens (tertiary/aromatic N) is 2. The number of amides is 1. The lowest BCUT2D eigenvalue weighted by atomic mass is 10.0. The highest BCUT2D eigenvalue weighted by Crippen LogP contribution is 2.40. The van der Waals surface area contributed by atoms with E-state index in [0.717, 1.165) is 11.4 Å². The maximum Gasteiger partial charge on any atom is 0.244 e. The standard InChI is InChI=1S/C24H21F2N3O2/c1-14-12-27-15(2)23(29-14)19-7-8-21(26)20-11-18(31-24(19)20)13-28-22(30)9-6-16-4-3-5-17(25)10-16/h3-10,12,18H,11,13H2,1-2H3,(H,28,30). The third-order valence-electron chi connectivity index (χ3n) is 5.03. The van der Waals surface area contributed by atoms with Gasteiger partial charge in [0.1, 0.15) is 23.5 Å². The highest BCUT2D eigenvalue weighted by Gasteiger charge is 2.30. The van der Waals surface area contributed by atoms with E-state index in [2.05, 4.69) is 15.3 Å². The second-order valence-corrected chi connectivity index (χ2v) is 7.43.